The van der Waals surface area contributed by atoms with Crippen LogP contribution in [0.5, 0.6) is 0 Å². The molecule has 0 spiro atoms. The van der Waals surface area contributed by atoms with Crippen molar-refractivity contribution >= 4 is 23.5 Å². The number of nitrogens with zero attached hydrogens (tertiary/aromatic N) is 4. The third kappa shape index (κ3) is 2.46. The van der Waals surface area contributed by atoms with Gasteiger partial charge in [-0.2, -0.15) is 10.2 Å². The molecule has 0 aliphatic heterocycles. The van der Waals surface area contributed by atoms with Crippen molar-refractivity contribution < 1.29 is 0 Å². The second kappa shape index (κ2) is 6.30. The summed E-state index contributed by atoms with van der Waals surface area (Å²) >= 11 is 0. The Morgan fingerprint density at radius 1 is 0.615 bits per heavy atom. The first-order valence-corrected chi connectivity index (χ1v) is 8.78. The smallest absolute Gasteiger partial charge is 0.0739 e. The van der Waals surface area contributed by atoms with Gasteiger partial charge in [0, 0.05) is 23.4 Å². The maximum atomic E-state index is 4.33. The van der Waals surface area contributed by atoms with Crippen LogP contribution in [0.2, 0.25) is 0 Å². The standard InChI is InChI=1S/C22H22N4/c1-15-17(3)21(25-11-7-5-9-19(15)25)13-23-24-14-22-18(4)16(2)20-10-6-8-12-26(20)22/h5-14H,1-4H3. The molecule has 0 N–H and O–H groups in total. The molecule has 4 heterocycles. The minimum Gasteiger partial charge on any atom is -0.315 e. The Morgan fingerprint density at radius 2 is 1.04 bits per heavy atom. The molecule has 130 valence electrons. The van der Waals surface area contributed by atoms with Gasteiger partial charge < -0.3 is 8.80 Å². The number of fused-ring (bicyclic) bond motifs is 2. The van der Waals surface area contributed by atoms with E-state index in [-0.39, 0.29) is 0 Å². The van der Waals surface area contributed by atoms with Crippen LogP contribution in [0.25, 0.3) is 11.0 Å². The highest BCUT2D eigenvalue weighted by Gasteiger charge is 2.10. The van der Waals surface area contributed by atoms with Crippen LogP contribution < -0.4 is 0 Å². The van der Waals surface area contributed by atoms with Crippen molar-refractivity contribution in [1.29, 1.82) is 0 Å². The van der Waals surface area contributed by atoms with Crippen LogP contribution in [0.15, 0.2) is 59.0 Å². The monoisotopic (exact) mass is 342 g/mol. The van der Waals surface area contributed by atoms with Crippen LogP contribution in [-0.2, 0) is 0 Å². The molecule has 0 unspecified atom stereocenters. The molecule has 0 aromatic carbocycles. The summed E-state index contributed by atoms with van der Waals surface area (Å²) in [6.07, 6.45) is 7.80. The van der Waals surface area contributed by atoms with Crippen LogP contribution in [0, 0.1) is 27.7 Å². The molecule has 26 heavy (non-hydrogen) atoms. The first kappa shape index (κ1) is 16.3. The Balaban J connectivity index is 1.71. The fourth-order valence-electron chi connectivity index (χ4n) is 3.54. The van der Waals surface area contributed by atoms with Crippen molar-refractivity contribution in [3.63, 3.8) is 0 Å². The Morgan fingerprint density at radius 3 is 1.46 bits per heavy atom. The zero-order valence-electron chi connectivity index (χ0n) is 15.6. The SMILES string of the molecule is Cc1c(C)c2ccccn2c1C=NN=Cc1c(C)c(C)c2ccccn12. The summed E-state index contributed by atoms with van der Waals surface area (Å²) in [5.41, 5.74) is 9.58. The van der Waals surface area contributed by atoms with E-state index in [0.29, 0.717) is 0 Å². The molecular formula is C22H22N4. The van der Waals surface area contributed by atoms with Crippen LogP contribution in [0.3, 0.4) is 0 Å². The van der Waals surface area contributed by atoms with Crippen molar-refractivity contribution in [3.8, 4) is 0 Å². The Kier molecular flexibility index (Phi) is 3.96. The zero-order chi connectivity index (χ0) is 18.3. The lowest BCUT2D eigenvalue weighted by Crippen LogP contribution is -1.93. The van der Waals surface area contributed by atoms with Gasteiger partial charge in [-0.1, -0.05) is 12.1 Å². The molecule has 4 aromatic rings. The van der Waals surface area contributed by atoms with Gasteiger partial charge in [-0.15, -0.1) is 0 Å². The highest BCUT2D eigenvalue weighted by molar-refractivity contribution is 5.87. The molecule has 4 nitrogen and oxygen atoms in total. The molecule has 0 saturated heterocycles. The zero-order valence-corrected chi connectivity index (χ0v) is 15.6. The molecule has 4 heteroatoms. The summed E-state index contributed by atoms with van der Waals surface area (Å²) in [4.78, 5) is 0. The van der Waals surface area contributed by atoms with E-state index in [1.807, 2.05) is 24.6 Å². The maximum Gasteiger partial charge on any atom is 0.0739 e. The fraction of sp³-hybridized carbons (Fsp3) is 0.182. The first-order chi connectivity index (χ1) is 12.6. The third-order valence-corrected chi connectivity index (χ3v) is 5.33. The van der Waals surface area contributed by atoms with Gasteiger partial charge in [-0.3, -0.25) is 0 Å². The van der Waals surface area contributed by atoms with Gasteiger partial charge in [-0.25, -0.2) is 0 Å². The molecule has 0 saturated carbocycles. The summed E-state index contributed by atoms with van der Waals surface area (Å²) in [6, 6.07) is 12.4. The van der Waals surface area contributed by atoms with Gasteiger partial charge in [0.05, 0.1) is 23.8 Å². The molecule has 0 aliphatic carbocycles. The molecule has 0 radical (unpaired) electrons. The van der Waals surface area contributed by atoms with Gasteiger partial charge in [0.25, 0.3) is 0 Å². The van der Waals surface area contributed by atoms with Gasteiger partial charge >= 0.3 is 0 Å². The van der Waals surface area contributed by atoms with Gasteiger partial charge in [0.1, 0.15) is 0 Å². The van der Waals surface area contributed by atoms with Gasteiger partial charge in [0.2, 0.25) is 0 Å². The highest BCUT2D eigenvalue weighted by Crippen LogP contribution is 2.22. The lowest BCUT2D eigenvalue weighted by atomic mass is 10.2. The lowest BCUT2D eigenvalue weighted by molar-refractivity contribution is 1.14. The molecule has 4 aromatic heterocycles. The van der Waals surface area contributed by atoms with E-state index in [1.54, 1.807) is 0 Å². The van der Waals surface area contributed by atoms with Crippen molar-refractivity contribution in [3.05, 3.63) is 82.4 Å². The molecule has 0 aliphatic rings. The number of rotatable bonds is 3. The predicted octanol–water partition coefficient (Wildman–Crippen LogP) is 4.88. The van der Waals surface area contributed by atoms with E-state index in [0.717, 1.165) is 11.4 Å². The van der Waals surface area contributed by atoms with Crippen molar-refractivity contribution in [2.24, 2.45) is 10.2 Å². The van der Waals surface area contributed by atoms with Gasteiger partial charge in [0.15, 0.2) is 0 Å². The first-order valence-electron chi connectivity index (χ1n) is 8.78. The normalized spacial score (nSPS) is 12.3. The maximum absolute atomic E-state index is 4.33. The lowest BCUT2D eigenvalue weighted by Gasteiger charge is -1.98. The molecule has 4 rings (SSSR count). The molecule has 0 bridgehead atoms. The molecule has 0 fully saturated rings. The van der Waals surface area contributed by atoms with E-state index >= 15 is 0 Å². The van der Waals surface area contributed by atoms with E-state index in [1.165, 1.54) is 33.3 Å². The van der Waals surface area contributed by atoms with E-state index < -0.39 is 0 Å². The number of hydrogen-bond donors (Lipinski definition) is 0. The van der Waals surface area contributed by atoms with Crippen LogP contribution >= 0.6 is 0 Å². The number of hydrogen-bond acceptors (Lipinski definition) is 2. The second-order valence-electron chi connectivity index (χ2n) is 6.67. The summed E-state index contributed by atoms with van der Waals surface area (Å²) in [6.45, 7) is 8.54. The quantitative estimate of drug-likeness (QED) is 0.376. The summed E-state index contributed by atoms with van der Waals surface area (Å²) in [5.74, 6) is 0. The topological polar surface area (TPSA) is 33.5 Å². The Bertz CT molecular complexity index is 1080. The van der Waals surface area contributed by atoms with E-state index in [4.69, 9.17) is 0 Å². The minimum atomic E-state index is 1.07. The number of aromatic nitrogens is 2. The van der Waals surface area contributed by atoms with Gasteiger partial charge in [-0.05, 0) is 74.2 Å². The van der Waals surface area contributed by atoms with E-state index in [9.17, 15) is 0 Å². The van der Waals surface area contributed by atoms with Crippen LogP contribution in [0.4, 0.5) is 0 Å². The summed E-state index contributed by atoms with van der Waals surface area (Å²) in [7, 11) is 0. The Labute approximate surface area is 153 Å². The minimum absolute atomic E-state index is 1.07. The number of pyridine rings is 2. The van der Waals surface area contributed by atoms with Crippen molar-refractivity contribution in [2.75, 3.05) is 0 Å². The highest BCUT2D eigenvalue weighted by atomic mass is 15.2. The average Bonchev–Trinajstić information content (AvgIpc) is 3.06. The second-order valence-corrected chi connectivity index (χ2v) is 6.67. The third-order valence-electron chi connectivity index (χ3n) is 5.33. The largest absolute Gasteiger partial charge is 0.315 e. The van der Waals surface area contributed by atoms with Crippen LogP contribution in [0.1, 0.15) is 33.6 Å². The summed E-state index contributed by atoms with van der Waals surface area (Å²) < 4.78 is 4.32. The van der Waals surface area contributed by atoms with Crippen LogP contribution in [-0.4, -0.2) is 21.2 Å². The molecular weight excluding hydrogens is 320 g/mol. The summed E-state index contributed by atoms with van der Waals surface area (Å²) in [5, 5.41) is 8.66. The average molecular weight is 342 g/mol. The van der Waals surface area contributed by atoms with E-state index in [2.05, 4.69) is 83.4 Å². The Hall–Kier alpha value is -3.14. The van der Waals surface area contributed by atoms with Crippen molar-refractivity contribution in [2.45, 2.75) is 27.7 Å². The van der Waals surface area contributed by atoms with Crippen molar-refractivity contribution in [1.82, 2.24) is 8.80 Å². The molecule has 0 atom stereocenters. The molecule has 0 amide bonds. The predicted molar refractivity (Wildman–Crippen MR) is 109 cm³/mol. The fourth-order valence-corrected chi connectivity index (χ4v) is 3.54. The number of aryl methyl sites for hydroxylation is 2.